The van der Waals surface area contributed by atoms with Crippen LogP contribution in [0.4, 0.5) is 5.95 Å². The largest absolute Gasteiger partial charge is 0.374 e. The predicted octanol–water partition coefficient (Wildman–Crippen LogP) is 1.88. The molecule has 1 aliphatic rings. The number of anilines is 1. The van der Waals surface area contributed by atoms with E-state index in [1.54, 1.807) is 6.20 Å². The number of rotatable bonds is 4. The molecule has 3 rings (SSSR count). The summed E-state index contributed by atoms with van der Waals surface area (Å²) in [6, 6.07) is 3.90. The van der Waals surface area contributed by atoms with E-state index < -0.39 is 0 Å². The van der Waals surface area contributed by atoms with Crippen LogP contribution in [0.15, 0.2) is 24.5 Å². The monoisotopic (exact) mass is 287 g/mol. The van der Waals surface area contributed by atoms with Crippen LogP contribution in [0.25, 0.3) is 11.4 Å². The molecule has 1 fully saturated rings. The molecule has 0 N–H and O–H groups in total. The highest BCUT2D eigenvalue weighted by Crippen LogP contribution is 2.24. The van der Waals surface area contributed by atoms with Crippen molar-refractivity contribution in [2.75, 3.05) is 18.0 Å². The lowest BCUT2D eigenvalue weighted by Gasteiger charge is -2.18. The molecule has 0 saturated carbocycles. The first-order chi connectivity index (χ1) is 10.1. The van der Waals surface area contributed by atoms with E-state index >= 15 is 0 Å². The summed E-state index contributed by atoms with van der Waals surface area (Å²) in [7, 11) is 1.99. The van der Waals surface area contributed by atoms with E-state index in [9.17, 15) is 0 Å². The third-order valence-electron chi connectivity index (χ3n) is 3.66. The average molecular weight is 287 g/mol. The molecule has 0 bridgehead atoms. The topological polar surface area (TPSA) is 56.1 Å². The number of hydrogen-bond donors (Lipinski definition) is 0. The Hall–Kier alpha value is -1.95. The highest BCUT2D eigenvalue weighted by atomic mass is 16.5. The SMILES string of the molecule is CC(C)O[C@@H]1CCN(c2nnc(-c3cccnc3)n2C)C1. The predicted molar refractivity (Wildman–Crippen MR) is 81.1 cm³/mol. The Morgan fingerprint density at radius 1 is 1.33 bits per heavy atom. The summed E-state index contributed by atoms with van der Waals surface area (Å²) >= 11 is 0. The molecule has 6 nitrogen and oxygen atoms in total. The molecule has 0 amide bonds. The van der Waals surface area contributed by atoms with Gasteiger partial charge in [0.1, 0.15) is 0 Å². The molecule has 112 valence electrons. The average Bonchev–Trinajstić information content (AvgIpc) is 3.06. The Morgan fingerprint density at radius 3 is 2.90 bits per heavy atom. The number of hydrogen-bond acceptors (Lipinski definition) is 5. The van der Waals surface area contributed by atoms with Crippen LogP contribution >= 0.6 is 0 Å². The fraction of sp³-hybridized carbons (Fsp3) is 0.533. The lowest BCUT2D eigenvalue weighted by atomic mass is 10.3. The van der Waals surface area contributed by atoms with Crippen LogP contribution in [-0.2, 0) is 11.8 Å². The Bertz CT molecular complexity index is 595. The van der Waals surface area contributed by atoms with Gasteiger partial charge in [0.05, 0.1) is 12.2 Å². The van der Waals surface area contributed by atoms with Gasteiger partial charge >= 0.3 is 0 Å². The van der Waals surface area contributed by atoms with Gasteiger partial charge < -0.3 is 9.64 Å². The third kappa shape index (κ3) is 2.90. The standard InChI is InChI=1S/C15H21N5O/c1-11(2)21-13-6-8-20(10-13)15-18-17-14(19(15)3)12-5-4-7-16-9-12/h4-5,7,9,11,13H,6,8,10H2,1-3H3/t13-/m1/s1. The fourth-order valence-electron chi connectivity index (χ4n) is 2.75. The zero-order valence-electron chi connectivity index (χ0n) is 12.7. The Morgan fingerprint density at radius 2 is 2.19 bits per heavy atom. The van der Waals surface area contributed by atoms with Crippen LogP contribution in [-0.4, -0.2) is 45.0 Å². The van der Waals surface area contributed by atoms with Crippen molar-refractivity contribution in [1.82, 2.24) is 19.7 Å². The van der Waals surface area contributed by atoms with Crippen molar-refractivity contribution in [2.45, 2.75) is 32.5 Å². The molecule has 0 spiro atoms. The summed E-state index contributed by atoms with van der Waals surface area (Å²) in [5.74, 6) is 1.73. The molecule has 3 heterocycles. The van der Waals surface area contributed by atoms with Crippen molar-refractivity contribution in [3.8, 4) is 11.4 Å². The summed E-state index contributed by atoms with van der Waals surface area (Å²) in [6.07, 6.45) is 5.15. The minimum atomic E-state index is 0.264. The van der Waals surface area contributed by atoms with E-state index in [0.717, 1.165) is 36.8 Å². The first-order valence-electron chi connectivity index (χ1n) is 7.35. The van der Waals surface area contributed by atoms with Crippen molar-refractivity contribution >= 4 is 5.95 Å². The Kier molecular flexibility index (Phi) is 3.88. The number of nitrogens with zero attached hydrogens (tertiary/aromatic N) is 5. The maximum absolute atomic E-state index is 5.89. The zero-order valence-corrected chi connectivity index (χ0v) is 12.7. The molecular weight excluding hydrogens is 266 g/mol. The molecule has 1 saturated heterocycles. The molecule has 6 heteroatoms. The van der Waals surface area contributed by atoms with E-state index in [1.165, 1.54) is 0 Å². The summed E-state index contributed by atoms with van der Waals surface area (Å²) < 4.78 is 7.91. The smallest absolute Gasteiger partial charge is 0.227 e. The molecule has 0 radical (unpaired) electrons. The highest BCUT2D eigenvalue weighted by Gasteiger charge is 2.27. The van der Waals surface area contributed by atoms with Gasteiger partial charge in [0, 0.05) is 38.1 Å². The molecule has 0 aromatic carbocycles. The van der Waals surface area contributed by atoms with Gasteiger partial charge in [0.25, 0.3) is 0 Å². The third-order valence-corrected chi connectivity index (χ3v) is 3.66. The quantitative estimate of drug-likeness (QED) is 0.859. The minimum absolute atomic E-state index is 0.264. The maximum Gasteiger partial charge on any atom is 0.227 e. The first-order valence-corrected chi connectivity index (χ1v) is 7.35. The summed E-state index contributed by atoms with van der Waals surface area (Å²) in [5.41, 5.74) is 0.980. The minimum Gasteiger partial charge on any atom is -0.374 e. The van der Waals surface area contributed by atoms with Crippen molar-refractivity contribution in [3.05, 3.63) is 24.5 Å². The lowest BCUT2D eigenvalue weighted by molar-refractivity contribution is 0.0210. The molecule has 1 aliphatic heterocycles. The van der Waals surface area contributed by atoms with Gasteiger partial charge in [-0.2, -0.15) is 0 Å². The molecule has 0 unspecified atom stereocenters. The van der Waals surface area contributed by atoms with Crippen LogP contribution in [0.2, 0.25) is 0 Å². The molecule has 1 atom stereocenters. The van der Waals surface area contributed by atoms with E-state index in [1.807, 2.05) is 29.9 Å². The molecule has 2 aromatic rings. The van der Waals surface area contributed by atoms with E-state index in [4.69, 9.17) is 4.74 Å². The van der Waals surface area contributed by atoms with Crippen LogP contribution in [0, 0.1) is 0 Å². The molecule has 0 aliphatic carbocycles. The van der Waals surface area contributed by atoms with E-state index in [2.05, 4.69) is 33.9 Å². The fourth-order valence-corrected chi connectivity index (χ4v) is 2.75. The lowest BCUT2D eigenvalue weighted by Crippen LogP contribution is -2.26. The van der Waals surface area contributed by atoms with Gasteiger partial charge in [-0.05, 0) is 32.4 Å². The van der Waals surface area contributed by atoms with Gasteiger partial charge in [-0.25, -0.2) is 0 Å². The number of aromatic nitrogens is 4. The van der Waals surface area contributed by atoms with Gasteiger partial charge in [-0.3, -0.25) is 9.55 Å². The van der Waals surface area contributed by atoms with E-state index in [0.29, 0.717) is 0 Å². The van der Waals surface area contributed by atoms with Gasteiger partial charge in [-0.1, -0.05) is 0 Å². The second kappa shape index (κ2) is 5.81. The molecule has 2 aromatic heterocycles. The Labute approximate surface area is 124 Å². The van der Waals surface area contributed by atoms with Crippen molar-refractivity contribution < 1.29 is 4.74 Å². The van der Waals surface area contributed by atoms with Crippen molar-refractivity contribution in [1.29, 1.82) is 0 Å². The Balaban J connectivity index is 1.78. The maximum atomic E-state index is 5.89. The second-order valence-corrected chi connectivity index (χ2v) is 5.67. The normalized spacial score (nSPS) is 18.7. The molecular formula is C15H21N5O. The van der Waals surface area contributed by atoms with Crippen LogP contribution in [0.1, 0.15) is 20.3 Å². The summed E-state index contributed by atoms with van der Waals surface area (Å²) in [6.45, 7) is 5.98. The van der Waals surface area contributed by atoms with Crippen LogP contribution in [0.3, 0.4) is 0 Å². The van der Waals surface area contributed by atoms with Gasteiger partial charge in [0.2, 0.25) is 5.95 Å². The van der Waals surface area contributed by atoms with Crippen molar-refractivity contribution in [2.24, 2.45) is 7.05 Å². The van der Waals surface area contributed by atoms with Crippen LogP contribution < -0.4 is 4.90 Å². The van der Waals surface area contributed by atoms with Crippen LogP contribution in [0.5, 0.6) is 0 Å². The van der Waals surface area contributed by atoms with E-state index in [-0.39, 0.29) is 12.2 Å². The van der Waals surface area contributed by atoms with Gasteiger partial charge in [0.15, 0.2) is 5.82 Å². The second-order valence-electron chi connectivity index (χ2n) is 5.67. The van der Waals surface area contributed by atoms with Crippen molar-refractivity contribution in [3.63, 3.8) is 0 Å². The zero-order chi connectivity index (χ0) is 14.8. The summed E-state index contributed by atoms with van der Waals surface area (Å²) in [5, 5.41) is 8.65. The molecule has 21 heavy (non-hydrogen) atoms. The van der Waals surface area contributed by atoms with Gasteiger partial charge in [-0.15, -0.1) is 10.2 Å². The first kappa shape index (κ1) is 14.0. The highest BCUT2D eigenvalue weighted by molar-refractivity contribution is 5.56. The number of ether oxygens (including phenoxy) is 1. The number of pyridine rings is 1. The summed E-state index contributed by atoms with van der Waals surface area (Å²) in [4.78, 5) is 6.37.